The van der Waals surface area contributed by atoms with E-state index in [4.69, 9.17) is 18.9 Å². The van der Waals surface area contributed by atoms with E-state index < -0.39 is 98.7 Å². The molecule has 4 amide bonds. The molecule has 0 bridgehead atoms. The van der Waals surface area contributed by atoms with Crippen LogP contribution in [0, 0.1) is 5.92 Å². The molecule has 7 rings (SSSR count). The highest BCUT2D eigenvalue weighted by Gasteiger charge is 2.64. The first kappa shape index (κ1) is 42.3. The van der Waals surface area contributed by atoms with Crippen molar-refractivity contribution in [1.29, 1.82) is 0 Å². The van der Waals surface area contributed by atoms with E-state index >= 15 is 0 Å². The highest BCUT2D eigenvalue weighted by Crippen LogP contribution is 2.48. The van der Waals surface area contributed by atoms with E-state index in [1.54, 1.807) is 37.3 Å². The maximum absolute atomic E-state index is 14.9. The number of allylic oxidation sites excluding steroid dienone is 1. The van der Waals surface area contributed by atoms with Gasteiger partial charge >= 0.3 is 12.3 Å². The van der Waals surface area contributed by atoms with Crippen molar-refractivity contribution in [2.75, 3.05) is 19.8 Å². The second-order valence-corrected chi connectivity index (χ2v) is 18.9. The lowest BCUT2D eigenvalue weighted by molar-refractivity contribution is -0.225. The summed E-state index contributed by atoms with van der Waals surface area (Å²) in [5.74, 6) is -2.69. The van der Waals surface area contributed by atoms with E-state index in [2.05, 4.69) is 15.0 Å². The zero-order valence-corrected chi connectivity index (χ0v) is 34.0. The number of nitrogens with one attached hydrogen (secondary N) is 2. The molecule has 16 nitrogen and oxygen atoms in total. The van der Waals surface area contributed by atoms with Crippen LogP contribution in [0.3, 0.4) is 0 Å². The van der Waals surface area contributed by atoms with Crippen LogP contribution in [0.2, 0.25) is 0 Å². The summed E-state index contributed by atoms with van der Waals surface area (Å²) in [6, 6.07) is 1.38. The number of sulfonamides is 1. The van der Waals surface area contributed by atoms with Gasteiger partial charge in [0.15, 0.2) is 11.5 Å². The van der Waals surface area contributed by atoms with Crippen LogP contribution in [0.1, 0.15) is 73.1 Å². The third kappa shape index (κ3) is 7.73. The van der Waals surface area contributed by atoms with E-state index in [1.807, 2.05) is 0 Å². The Balaban J connectivity index is 1.29. The number of hydrogen-bond acceptors (Lipinski definition) is 11. The molecule has 59 heavy (non-hydrogen) atoms. The molecule has 20 heteroatoms. The third-order valence-corrected chi connectivity index (χ3v) is 14.3. The number of carbonyl (C=O) groups is 4. The number of nitrogens with zero attached hydrogens (tertiary/aromatic N) is 3. The number of alkyl halides is 3. The largest absolute Gasteiger partial charge is 0.486 e. The first-order valence-electron chi connectivity index (χ1n) is 19.5. The van der Waals surface area contributed by atoms with E-state index in [-0.39, 0.29) is 30.0 Å². The fourth-order valence-electron chi connectivity index (χ4n) is 8.06. The molecule has 5 aliphatic rings. The van der Waals surface area contributed by atoms with Gasteiger partial charge in [-0.25, -0.2) is 18.2 Å². The quantitative estimate of drug-likeness (QED) is 0.338. The van der Waals surface area contributed by atoms with Gasteiger partial charge in [-0.3, -0.25) is 24.0 Å². The Morgan fingerprint density at radius 3 is 2.49 bits per heavy atom. The van der Waals surface area contributed by atoms with Crippen molar-refractivity contribution in [1.82, 2.24) is 24.8 Å². The summed E-state index contributed by atoms with van der Waals surface area (Å²) in [4.78, 5) is 61.7. The molecule has 4 heterocycles. The lowest BCUT2D eigenvalue weighted by Crippen LogP contribution is -2.67. The average molecular weight is 852 g/mol. The van der Waals surface area contributed by atoms with Crippen LogP contribution in [0.15, 0.2) is 36.5 Å². The Morgan fingerprint density at radius 2 is 1.81 bits per heavy atom. The first-order valence-corrected chi connectivity index (χ1v) is 21.0. The number of fused-ring (bicyclic) bond motifs is 5. The summed E-state index contributed by atoms with van der Waals surface area (Å²) in [6.07, 6.45) is -4.50. The van der Waals surface area contributed by atoms with Crippen LogP contribution in [0.4, 0.5) is 18.0 Å². The van der Waals surface area contributed by atoms with Crippen LogP contribution in [0.25, 0.3) is 10.8 Å². The Morgan fingerprint density at radius 1 is 1.10 bits per heavy atom. The smallest absolute Gasteiger partial charge is 0.411 e. The first-order chi connectivity index (χ1) is 27.6. The van der Waals surface area contributed by atoms with Gasteiger partial charge in [0.25, 0.3) is 5.91 Å². The Bertz CT molecular complexity index is 2180. The number of rotatable bonds is 7. The summed E-state index contributed by atoms with van der Waals surface area (Å²) in [5.41, 5.74) is -4.87. The number of aromatic nitrogens is 1. The van der Waals surface area contributed by atoms with Crippen molar-refractivity contribution in [3.8, 4) is 17.4 Å². The summed E-state index contributed by atoms with van der Waals surface area (Å²) in [5, 5.41) is 14.2. The molecule has 2 saturated carbocycles. The van der Waals surface area contributed by atoms with Gasteiger partial charge in [0.2, 0.25) is 27.7 Å². The number of amides is 4. The molecule has 3 N–H and O–H groups in total. The third-order valence-electron chi connectivity index (χ3n) is 12.2. The number of halogens is 3. The van der Waals surface area contributed by atoms with Gasteiger partial charge in [0.1, 0.15) is 42.5 Å². The zero-order chi connectivity index (χ0) is 42.9. The molecule has 2 aliphatic carbocycles. The molecule has 3 fully saturated rings. The van der Waals surface area contributed by atoms with Crippen LogP contribution >= 0.6 is 0 Å². The minimum atomic E-state index is -5.15. The van der Waals surface area contributed by atoms with Crippen molar-refractivity contribution < 1.29 is 64.8 Å². The molecule has 1 aromatic carbocycles. The zero-order valence-electron chi connectivity index (χ0n) is 33.2. The number of ether oxygens (including phenoxy) is 4. The van der Waals surface area contributed by atoms with Crippen molar-refractivity contribution in [3.63, 3.8) is 0 Å². The van der Waals surface area contributed by atoms with Crippen LogP contribution in [0.5, 0.6) is 17.4 Å². The number of pyridine rings is 1. The Hall–Kier alpha value is -4.85. The fourth-order valence-corrected chi connectivity index (χ4v) is 9.38. The minimum Gasteiger partial charge on any atom is -0.486 e. The monoisotopic (exact) mass is 851 g/mol. The van der Waals surface area contributed by atoms with Gasteiger partial charge in [-0.05, 0) is 84.9 Å². The average Bonchev–Trinajstić information content (AvgIpc) is 4.04. The SMILES string of the molecule is C[C@@H]1CC/C=C\[C@@H]2C[C@@]2(C(=O)NS(=O)(=O)C2(C)CC2)NC(=O)[C@@H]2C[C@@H](Oc3nccc4c5c(ccc34)OCCO5)CN2C(=O)[C@@H](N(C(=O)O)C(C)(C)C(F)(F)F)[C@H](C)O1. The van der Waals surface area contributed by atoms with E-state index in [0.717, 1.165) is 4.90 Å². The Labute approximate surface area is 338 Å². The van der Waals surface area contributed by atoms with Gasteiger partial charge in [-0.2, -0.15) is 13.2 Å². The van der Waals surface area contributed by atoms with Crippen LogP contribution in [-0.2, 0) is 29.1 Å². The topological polar surface area (TPSA) is 203 Å². The molecule has 322 valence electrons. The standard InChI is InChI=1S/C39H48F3N5O11S/c1-21-8-6-7-9-23-19-38(23,34(50)45-59(53,54)37(5)13-14-37)44-31(48)27-18-24(58-32-26-10-11-28-30(56-17-16-55-28)25(26)12-15-43-32)20-46(27)33(49)29(22(2)57-21)47(35(51)52)36(3,4)39(40,41)42/h7,9-12,15,21-24,27,29H,6,8,13-14,16-20H2,1-5H3,(H,44,48)(H,45,50)(H,51,52)/b9-7-/t21-,22+,23-,24-,27+,29+,38-/m1/s1. The highest BCUT2D eigenvalue weighted by molar-refractivity contribution is 7.91. The van der Waals surface area contributed by atoms with Crippen LogP contribution < -0.4 is 24.2 Å². The molecule has 1 saturated heterocycles. The maximum Gasteiger partial charge on any atom is 0.411 e. The molecule has 3 aliphatic heterocycles. The van der Waals surface area contributed by atoms with Gasteiger partial charge in [0.05, 0.1) is 23.5 Å². The molecular weight excluding hydrogens is 804 g/mol. The highest BCUT2D eigenvalue weighted by atomic mass is 32.2. The Kier molecular flexibility index (Phi) is 10.8. The van der Waals surface area contributed by atoms with E-state index in [0.29, 0.717) is 68.6 Å². The maximum atomic E-state index is 14.9. The lowest BCUT2D eigenvalue weighted by Gasteiger charge is -2.45. The molecule has 0 spiro atoms. The number of carbonyl (C=O) groups excluding carboxylic acids is 3. The van der Waals surface area contributed by atoms with Gasteiger partial charge in [-0.15, -0.1) is 0 Å². The predicted octanol–water partition coefficient (Wildman–Crippen LogP) is 4.06. The van der Waals surface area contributed by atoms with E-state index in [9.17, 15) is 45.9 Å². The van der Waals surface area contributed by atoms with E-state index in [1.165, 1.54) is 20.0 Å². The molecule has 2 aromatic rings. The summed E-state index contributed by atoms with van der Waals surface area (Å²) >= 11 is 0. The molecule has 1 aromatic heterocycles. The van der Waals surface area contributed by atoms with Crippen molar-refractivity contribution in [3.05, 3.63) is 36.5 Å². The number of benzene rings is 1. The molecule has 7 atom stereocenters. The number of hydrogen-bond donors (Lipinski definition) is 3. The molecule has 0 unspecified atom stereocenters. The lowest BCUT2D eigenvalue weighted by atomic mass is 9.96. The fraction of sp³-hybridized carbons (Fsp3) is 0.615. The second-order valence-electron chi connectivity index (χ2n) is 16.8. The van der Waals surface area contributed by atoms with Crippen molar-refractivity contribution in [2.24, 2.45) is 5.92 Å². The normalized spacial score (nSPS) is 30.1. The van der Waals surface area contributed by atoms with Crippen molar-refractivity contribution in [2.45, 2.75) is 126 Å². The summed E-state index contributed by atoms with van der Waals surface area (Å²) < 4.78 is 95.4. The summed E-state index contributed by atoms with van der Waals surface area (Å²) in [6.45, 7) is 5.92. The van der Waals surface area contributed by atoms with Crippen LogP contribution in [-0.4, -0.2) is 124 Å². The molecular formula is C39H48F3N5O11S. The number of carboxylic acid groups (broad SMARTS) is 1. The predicted molar refractivity (Wildman–Crippen MR) is 203 cm³/mol. The van der Waals surface area contributed by atoms with Gasteiger partial charge < -0.3 is 34.3 Å². The van der Waals surface area contributed by atoms with Gasteiger partial charge in [0, 0.05) is 29.3 Å². The second kappa shape index (κ2) is 15.0. The summed E-state index contributed by atoms with van der Waals surface area (Å²) in [7, 11) is -4.14. The molecule has 0 radical (unpaired) electrons. The van der Waals surface area contributed by atoms with Gasteiger partial charge in [-0.1, -0.05) is 12.2 Å². The van der Waals surface area contributed by atoms with Crippen molar-refractivity contribution >= 4 is 44.6 Å². The minimum absolute atomic E-state index is 0.0144.